The number of carboxylic acid groups (broad SMARTS) is 1. The Bertz CT molecular complexity index is 306. The van der Waals surface area contributed by atoms with Crippen molar-refractivity contribution in [2.75, 3.05) is 0 Å². The van der Waals surface area contributed by atoms with Crippen molar-refractivity contribution in [3.63, 3.8) is 0 Å². The normalized spacial score (nSPS) is 9.33. The summed E-state index contributed by atoms with van der Waals surface area (Å²) in [6, 6.07) is 4.06. The van der Waals surface area contributed by atoms with Gasteiger partial charge in [-0.1, -0.05) is 6.07 Å². The number of pyridine rings is 1. The van der Waals surface area contributed by atoms with Crippen molar-refractivity contribution < 1.29 is 14.7 Å². The van der Waals surface area contributed by atoms with Crippen molar-refractivity contribution in [3.8, 4) is 0 Å². The van der Waals surface area contributed by atoms with Crippen LogP contribution in [0.2, 0.25) is 0 Å². The van der Waals surface area contributed by atoms with Gasteiger partial charge in [0.25, 0.3) is 5.91 Å². The number of amides is 1. The lowest BCUT2D eigenvalue weighted by Crippen LogP contribution is -2.14. The van der Waals surface area contributed by atoms with Crippen LogP contribution >= 0.6 is 0 Å². The summed E-state index contributed by atoms with van der Waals surface area (Å²) in [7, 11) is 0. The highest BCUT2D eigenvalue weighted by atomic mass is 16.4. The number of nitrogens with zero attached hydrogens (tertiary/aromatic N) is 1. The van der Waals surface area contributed by atoms with Gasteiger partial charge in [0.2, 0.25) is 0 Å². The third-order valence-corrected chi connectivity index (χ3v) is 1.22. The van der Waals surface area contributed by atoms with Crippen LogP contribution in [0.25, 0.3) is 0 Å². The van der Waals surface area contributed by atoms with Crippen LogP contribution in [-0.4, -0.2) is 22.0 Å². The van der Waals surface area contributed by atoms with Gasteiger partial charge >= 0.3 is 5.97 Å². The standard InChI is InChI=1S/C7H6N2O3/c8-6(10)4-2-1-3-5(9-4)7(11)12/h1-3H,(H2,8,10)(H,11,12). The van der Waals surface area contributed by atoms with E-state index in [1.165, 1.54) is 18.2 Å². The maximum atomic E-state index is 10.5. The van der Waals surface area contributed by atoms with Crippen LogP contribution in [0.4, 0.5) is 0 Å². The monoisotopic (exact) mass is 166 g/mol. The smallest absolute Gasteiger partial charge is 0.354 e. The Labute approximate surface area is 67.8 Å². The Kier molecular flexibility index (Phi) is 2.05. The molecule has 5 heteroatoms. The molecular formula is C7H6N2O3. The summed E-state index contributed by atoms with van der Waals surface area (Å²) in [6.07, 6.45) is 0. The Morgan fingerprint density at radius 2 is 1.92 bits per heavy atom. The largest absolute Gasteiger partial charge is 0.477 e. The topological polar surface area (TPSA) is 93.3 Å². The Morgan fingerprint density at radius 3 is 2.42 bits per heavy atom. The molecule has 0 unspecified atom stereocenters. The molecule has 0 saturated carbocycles. The molecule has 0 bridgehead atoms. The third-order valence-electron chi connectivity index (χ3n) is 1.22. The second-order valence-electron chi connectivity index (χ2n) is 2.08. The SMILES string of the molecule is NC(=O)c1cccc(C(=O)O)n1. The van der Waals surface area contributed by atoms with Crippen LogP contribution in [-0.2, 0) is 0 Å². The van der Waals surface area contributed by atoms with Crippen LogP contribution in [0, 0.1) is 0 Å². The molecule has 0 fully saturated rings. The van der Waals surface area contributed by atoms with Gasteiger partial charge < -0.3 is 10.8 Å². The second-order valence-corrected chi connectivity index (χ2v) is 2.08. The number of primary amides is 1. The van der Waals surface area contributed by atoms with Gasteiger partial charge in [-0.2, -0.15) is 0 Å². The van der Waals surface area contributed by atoms with E-state index >= 15 is 0 Å². The molecule has 1 amide bonds. The van der Waals surface area contributed by atoms with E-state index in [2.05, 4.69) is 4.98 Å². The molecular weight excluding hydrogens is 160 g/mol. The lowest BCUT2D eigenvalue weighted by molar-refractivity contribution is 0.0690. The molecule has 1 rings (SSSR count). The average Bonchev–Trinajstić information content (AvgIpc) is 2.04. The van der Waals surface area contributed by atoms with E-state index in [9.17, 15) is 9.59 Å². The molecule has 0 radical (unpaired) electrons. The van der Waals surface area contributed by atoms with E-state index in [4.69, 9.17) is 10.8 Å². The third kappa shape index (κ3) is 1.57. The average molecular weight is 166 g/mol. The fourth-order valence-corrected chi connectivity index (χ4v) is 0.691. The fourth-order valence-electron chi connectivity index (χ4n) is 0.691. The van der Waals surface area contributed by atoms with Gasteiger partial charge in [0.1, 0.15) is 11.4 Å². The van der Waals surface area contributed by atoms with Crippen molar-refractivity contribution in [1.82, 2.24) is 4.98 Å². The molecule has 1 aromatic rings. The number of aromatic carboxylic acids is 1. The van der Waals surface area contributed by atoms with Crippen molar-refractivity contribution in [2.45, 2.75) is 0 Å². The number of aromatic nitrogens is 1. The van der Waals surface area contributed by atoms with Crippen molar-refractivity contribution >= 4 is 11.9 Å². The summed E-state index contributed by atoms with van der Waals surface area (Å²) in [5.41, 5.74) is 4.65. The van der Waals surface area contributed by atoms with Gasteiger partial charge in [0.05, 0.1) is 0 Å². The quantitative estimate of drug-likeness (QED) is 0.640. The minimum Gasteiger partial charge on any atom is -0.477 e. The Morgan fingerprint density at radius 1 is 1.33 bits per heavy atom. The number of carbonyl (C=O) groups is 2. The first kappa shape index (κ1) is 8.19. The minimum atomic E-state index is -1.18. The zero-order valence-corrected chi connectivity index (χ0v) is 6.02. The van der Waals surface area contributed by atoms with Gasteiger partial charge in [0, 0.05) is 0 Å². The molecule has 0 saturated heterocycles. The fraction of sp³-hybridized carbons (Fsp3) is 0. The molecule has 0 spiro atoms. The Hall–Kier alpha value is -1.91. The predicted molar refractivity (Wildman–Crippen MR) is 39.7 cm³/mol. The summed E-state index contributed by atoms with van der Waals surface area (Å²) in [6.45, 7) is 0. The molecule has 5 nitrogen and oxygen atoms in total. The molecule has 0 aliphatic rings. The molecule has 0 atom stereocenters. The molecule has 1 heterocycles. The van der Waals surface area contributed by atoms with Gasteiger partial charge in [-0.15, -0.1) is 0 Å². The van der Waals surface area contributed by atoms with E-state index in [0.717, 1.165) is 0 Å². The maximum absolute atomic E-state index is 10.5. The Balaban J connectivity index is 3.12. The number of hydrogen-bond donors (Lipinski definition) is 2. The highest BCUT2D eigenvalue weighted by Gasteiger charge is 2.07. The second kappa shape index (κ2) is 3.00. The van der Waals surface area contributed by atoms with Gasteiger partial charge in [-0.05, 0) is 12.1 Å². The number of carboxylic acids is 1. The molecule has 0 aromatic carbocycles. The lowest BCUT2D eigenvalue weighted by Gasteiger charge is -1.95. The van der Waals surface area contributed by atoms with Crippen LogP contribution in [0.5, 0.6) is 0 Å². The molecule has 12 heavy (non-hydrogen) atoms. The van der Waals surface area contributed by atoms with Crippen molar-refractivity contribution in [3.05, 3.63) is 29.6 Å². The summed E-state index contributed by atoms with van der Waals surface area (Å²) in [5.74, 6) is -1.92. The van der Waals surface area contributed by atoms with Crippen LogP contribution < -0.4 is 5.73 Å². The van der Waals surface area contributed by atoms with E-state index in [-0.39, 0.29) is 11.4 Å². The summed E-state index contributed by atoms with van der Waals surface area (Å²) < 4.78 is 0. The number of nitrogens with two attached hydrogens (primary N) is 1. The molecule has 0 aliphatic heterocycles. The predicted octanol–water partition coefficient (Wildman–Crippen LogP) is -0.121. The highest BCUT2D eigenvalue weighted by molar-refractivity contribution is 5.92. The molecule has 62 valence electrons. The summed E-state index contributed by atoms with van der Waals surface area (Å²) >= 11 is 0. The summed E-state index contributed by atoms with van der Waals surface area (Å²) in [4.78, 5) is 24.4. The first-order valence-electron chi connectivity index (χ1n) is 3.11. The number of rotatable bonds is 2. The van der Waals surface area contributed by atoms with Crippen LogP contribution in [0.15, 0.2) is 18.2 Å². The first-order valence-corrected chi connectivity index (χ1v) is 3.11. The maximum Gasteiger partial charge on any atom is 0.354 e. The zero-order valence-electron chi connectivity index (χ0n) is 6.02. The van der Waals surface area contributed by atoms with E-state index in [1.807, 2.05) is 0 Å². The van der Waals surface area contributed by atoms with Crippen LogP contribution in [0.3, 0.4) is 0 Å². The lowest BCUT2D eigenvalue weighted by atomic mass is 10.3. The highest BCUT2D eigenvalue weighted by Crippen LogP contribution is 1.98. The number of carbonyl (C=O) groups excluding carboxylic acids is 1. The van der Waals surface area contributed by atoms with Gasteiger partial charge in [0.15, 0.2) is 0 Å². The molecule has 3 N–H and O–H groups in total. The van der Waals surface area contributed by atoms with Gasteiger partial charge in [-0.3, -0.25) is 4.79 Å². The van der Waals surface area contributed by atoms with E-state index in [1.54, 1.807) is 0 Å². The van der Waals surface area contributed by atoms with Crippen LogP contribution in [0.1, 0.15) is 21.0 Å². The number of hydrogen-bond acceptors (Lipinski definition) is 3. The molecule has 0 aliphatic carbocycles. The van der Waals surface area contributed by atoms with Gasteiger partial charge in [-0.25, -0.2) is 9.78 Å². The van der Waals surface area contributed by atoms with Crippen molar-refractivity contribution in [1.29, 1.82) is 0 Å². The van der Waals surface area contributed by atoms with E-state index in [0.29, 0.717) is 0 Å². The van der Waals surface area contributed by atoms with E-state index < -0.39 is 11.9 Å². The summed E-state index contributed by atoms with van der Waals surface area (Å²) in [5, 5.41) is 8.48. The van der Waals surface area contributed by atoms with Crippen molar-refractivity contribution in [2.24, 2.45) is 5.73 Å². The first-order chi connectivity index (χ1) is 5.61. The molecule has 1 aromatic heterocycles. The zero-order chi connectivity index (χ0) is 9.14. The minimum absolute atomic E-state index is 0.0464.